The number of rotatable bonds is 7. The van der Waals surface area contributed by atoms with Crippen LogP contribution < -0.4 is 21.3 Å². The summed E-state index contributed by atoms with van der Waals surface area (Å²) in [6.45, 7) is 1.87. The van der Waals surface area contributed by atoms with Gasteiger partial charge in [0.2, 0.25) is 5.91 Å². The number of aliphatic imine (C=N–C) groups is 1. The van der Waals surface area contributed by atoms with E-state index >= 15 is 0 Å². The number of nitrogens with one attached hydrogen (secondary N) is 4. The summed E-state index contributed by atoms with van der Waals surface area (Å²) < 4.78 is 0. The highest BCUT2D eigenvalue weighted by atomic mass is 16.2. The fourth-order valence-electron chi connectivity index (χ4n) is 3.31. The Hall–Kier alpha value is -3.35. The second kappa shape index (κ2) is 10.3. The summed E-state index contributed by atoms with van der Waals surface area (Å²) in [5.74, 6) is 0.751. The highest BCUT2D eigenvalue weighted by Crippen LogP contribution is 2.31. The molecule has 0 spiro atoms. The number of hydrogen-bond acceptors (Lipinski definition) is 3. The first-order valence-electron chi connectivity index (χ1n) is 9.84. The largest absolute Gasteiger partial charge is 0.356 e. The van der Waals surface area contributed by atoms with Gasteiger partial charge < -0.3 is 21.3 Å². The lowest BCUT2D eigenvalue weighted by molar-refractivity contribution is -0.116. The van der Waals surface area contributed by atoms with Crippen LogP contribution in [0.4, 0.5) is 5.69 Å². The van der Waals surface area contributed by atoms with E-state index in [9.17, 15) is 9.59 Å². The number of hydrogen-bond donors (Lipinski definition) is 4. The maximum absolute atomic E-state index is 12.0. The predicted molar refractivity (Wildman–Crippen MR) is 115 cm³/mol. The molecule has 0 aromatic heterocycles. The Labute approximate surface area is 171 Å². The van der Waals surface area contributed by atoms with Crippen LogP contribution in [0.1, 0.15) is 34.7 Å². The van der Waals surface area contributed by atoms with Gasteiger partial charge in [0.05, 0.1) is 0 Å². The number of fused-ring (bicyclic) bond motifs is 1. The zero-order chi connectivity index (χ0) is 20.5. The standard InChI is InChI=1S/C22H27N5O2/c1-23-22(25-13-7-12-24-21(29)16-8-3-2-4-9-16)26-15-17-14-20(28)27-19-11-6-5-10-18(17)19/h2-6,8-11,17H,7,12-15H2,1H3,(H,24,29)(H,27,28)(H2,23,25,26). The minimum atomic E-state index is -0.0673. The Morgan fingerprint density at radius 1 is 1.03 bits per heavy atom. The van der Waals surface area contributed by atoms with Crippen molar-refractivity contribution in [1.29, 1.82) is 0 Å². The Morgan fingerprint density at radius 3 is 2.55 bits per heavy atom. The maximum Gasteiger partial charge on any atom is 0.251 e. The molecule has 1 unspecified atom stereocenters. The normalized spacial score (nSPS) is 15.8. The average molecular weight is 393 g/mol. The van der Waals surface area contributed by atoms with E-state index in [4.69, 9.17) is 0 Å². The molecule has 0 aliphatic carbocycles. The number of benzene rings is 2. The average Bonchev–Trinajstić information content (AvgIpc) is 2.75. The second-order valence-corrected chi connectivity index (χ2v) is 6.89. The molecule has 1 aliphatic heterocycles. The molecule has 4 N–H and O–H groups in total. The van der Waals surface area contributed by atoms with Crippen molar-refractivity contribution in [2.24, 2.45) is 4.99 Å². The molecule has 0 saturated heterocycles. The Bertz CT molecular complexity index is 867. The van der Waals surface area contributed by atoms with E-state index < -0.39 is 0 Å². The molecular weight excluding hydrogens is 366 g/mol. The number of carbonyl (C=O) groups excluding carboxylic acids is 2. The third kappa shape index (κ3) is 5.81. The van der Waals surface area contributed by atoms with Crippen LogP contribution >= 0.6 is 0 Å². The van der Waals surface area contributed by atoms with Gasteiger partial charge in [-0.05, 0) is 30.2 Å². The fourth-order valence-corrected chi connectivity index (χ4v) is 3.31. The summed E-state index contributed by atoms with van der Waals surface area (Å²) in [6.07, 6.45) is 1.22. The summed E-state index contributed by atoms with van der Waals surface area (Å²) in [6, 6.07) is 17.1. The van der Waals surface area contributed by atoms with Crippen LogP contribution in [-0.2, 0) is 4.79 Å². The second-order valence-electron chi connectivity index (χ2n) is 6.89. The minimum Gasteiger partial charge on any atom is -0.356 e. The number of guanidine groups is 1. The van der Waals surface area contributed by atoms with Gasteiger partial charge in [-0.2, -0.15) is 0 Å². The minimum absolute atomic E-state index is 0.0348. The summed E-state index contributed by atoms with van der Waals surface area (Å²) in [5, 5.41) is 12.4. The topological polar surface area (TPSA) is 94.6 Å². The Morgan fingerprint density at radius 2 is 1.76 bits per heavy atom. The van der Waals surface area contributed by atoms with E-state index in [1.807, 2.05) is 42.5 Å². The number of anilines is 1. The molecule has 0 bridgehead atoms. The molecule has 2 aromatic carbocycles. The molecule has 29 heavy (non-hydrogen) atoms. The van der Waals surface area contributed by atoms with Crippen molar-refractivity contribution in [3.8, 4) is 0 Å². The lowest BCUT2D eigenvalue weighted by atomic mass is 9.90. The van der Waals surface area contributed by atoms with E-state index in [-0.39, 0.29) is 17.7 Å². The number of para-hydroxylation sites is 1. The van der Waals surface area contributed by atoms with E-state index in [2.05, 4.69) is 26.3 Å². The van der Waals surface area contributed by atoms with Crippen LogP contribution in [0.25, 0.3) is 0 Å². The molecule has 0 radical (unpaired) electrons. The van der Waals surface area contributed by atoms with Crippen LogP contribution in [-0.4, -0.2) is 44.5 Å². The summed E-state index contributed by atoms with van der Waals surface area (Å²) in [5.41, 5.74) is 2.68. The van der Waals surface area contributed by atoms with E-state index in [0.29, 0.717) is 37.6 Å². The van der Waals surface area contributed by atoms with Crippen LogP contribution in [0.2, 0.25) is 0 Å². The van der Waals surface area contributed by atoms with Crippen molar-refractivity contribution in [2.75, 3.05) is 32.0 Å². The fraction of sp³-hybridized carbons (Fsp3) is 0.318. The molecule has 0 saturated carbocycles. The van der Waals surface area contributed by atoms with Gasteiger partial charge >= 0.3 is 0 Å². The lowest BCUT2D eigenvalue weighted by Crippen LogP contribution is -2.41. The molecule has 2 amide bonds. The summed E-state index contributed by atoms with van der Waals surface area (Å²) >= 11 is 0. The molecule has 0 fully saturated rings. The van der Waals surface area contributed by atoms with Crippen LogP contribution in [0.15, 0.2) is 59.6 Å². The molecular formula is C22H27N5O2. The van der Waals surface area contributed by atoms with Gasteiger partial charge in [-0.25, -0.2) is 0 Å². The Kier molecular flexibility index (Phi) is 7.22. The summed E-state index contributed by atoms with van der Waals surface area (Å²) in [7, 11) is 1.72. The van der Waals surface area contributed by atoms with Gasteiger partial charge in [-0.3, -0.25) is 14.6 Å². The van der Waals surface area contributed by atoms with Crippen LogP contribution in [0.5, 0.6) is 0 Å². The Balaban J connectivity index is 1.39. The highest BCUT2D eigenvalue weighted by molar-refractivity contribution is 5.95. The third-order valence-corrected chi connectivity index (χ3v) is 4.81. The van der Waals surface area contributed by atoms with Crippen molar-refractivity contribution in [1.82, 2.24) is 16.0 Å². The van der Waals surface area contributed by atoms with Gasteiger partial charge in [-0.15, -0.1) is 0 Å². The third-order valence-electron chi connectivity index (χ3n) is 4.81. The number of carbonyl (C=O) groups is 2. The molecule has 7 nitrogen and oxygen atoms in total. The first-order chi connectivity index (χ1) is 14.2. The van der Waals surface area contributed by atoms with Crippen molar-refractivity contribution >= 4 is 23.5 Å². The quantitative estimate of drug-likeness (QED) is 0.329. The zero-order valence-corrected chi connectivity index (χ0v) is 16.6. The SMILES string of the molecule is CN=C(NCCCNC(=O)c1ccccc1)NCC1CC(=O)Nc2ccccc21. The van der Waals surface area contributed by atoms with Crippen molar-refractivity contribution in [3.63, 3.8) is 0 Å². The zero-order valence-electron chi connectivity index (χ0n) is 16.6. The van der Waals surface area contributed by atoms with Gasteiger partial charge in [0, 0.05) is 50.3 Å². The monoisotopic (exact) mass is 393 g/mol. The van der Waals surface area contributed by atoms with Crippen molar-refractivity contribution < 1.29 is 9.59 Å². The van der Waals surface area contributed by atoms with Crippen molar-refractivity contribution in [2.45, 2.75) is 18.8 Å². The molecule has 152 valence electrons. The van der Waals surface area contributed by atoms with E-state index in [0.717, 1.165) is 17.7 Å². The maximum atomic E-state index is 12.0. The number of amides is 2. The molecule has 3 rings (SSSR count). The van der Waals surface area contributed by atoms with Gasteiger partial charge in [0.15, 0.2) is 5.96 Å². The van der Waals surface area contributed by atoms with E-state index in [1.54, 1.807) is 19.2 Å². The first kappa shape index (κ1) is 20.4. The lowest BCUT2D eigenvalue weighted by Gasteiger charge is -2.26. The van der Waals surface area contributed by atoms with E-state index in [1.165, 1.54) is 0 Å². The number of nitrogens with zero attached hydrogens (tertiary/aromatic N) is 1. The molecule has 1 heterocycles. The van der Waals surface area contributed by atoms with Crippen LogP contribution in [0, 0.1) is 0 Å². The van der Waals surface area contributed by atoms with Crippen molar-refractivity contribution in [3.05, 3.63) is 65.7 Å². The predicted octanol–water partition coefficient (Wildman–Crippen LogP) is 2.10. The molecule has 1 aliphatic rings. The van der Waals surface area contributed by atoms with Gasteiger partial charge in [-0.1, -0.05) is 36.4 Å². The first-order valence-corrected chi connectivity index (χ1v) is 9.84. The smallest absolute Gasteiger partial charge is 0.251 e. The van der Waals surface area contributed by atoms with Crippen LogP contribution in [0.3, 0.4) is 0 Å². The highest BCUT2D eigenvalue weighted by Gasteiger charge is 2.24. The summed E-state index contributed by atoms with van der Waals surface area (Å²) in [4.78, 5) is 28.2. The molecule has 7 heteroatoms. The van der Waals surface area contributed by atoms with Gasteiger partial charge in [0.25, 0.3) is 5.91 Å². The van der Waals surface area contributed by atoms with Gasteiger partial charge in [0.1, 0.15) is 0 Å². The molecule has 2 aromatic rings. The molecule has 1 atom stereocenters.